The van der Waals surface area contributed by atoms with E-state index in [1.807, 2.05) is 11.6 Å². The highest BCUT2D eigenvalue weighted by Gasteiger charge is 2.15. The van der Waals surface area contributed by atoms with Crippen molar-refractivity contribution in [2.24, 2.45) is 7.05 Å². The van der Waals surface area contributed by atoms with E-state index < -0.39 is 0 Å². The summed E-state index contributed by atoms with van der Waals surface area (Å²) >= 11 is 5.07. The lowest BCUT2D eigenvalue weighted by molar-refractivity contribution is 0.573. The second kappa shape index (κ2) is 4.59. The number of aromatic nitrogens is 3. The zero-order valence-electron chi connectivity index (χ0n) is 9.24. The molecule has 1 aromatic rings. The van der Waals surface area contributed by atoms with Crippen molar-refractivity contribution in [3.05, 3.63) is 4.77 Å². The number of aromatic amines is 1. The molecule has 0 saturated carbocycles. The Hall–Kier alpha value is -0.840. The first-order valence-corrected chi connectivity index (χ1v) is 5.36. The summed E-state index contributed by atoms with van der Waals surface area (Å²) in [5.41, 5.74) is 0. The molecule has 1 aromatic heterocycles. The summed E-state index contributed by atoms with van der Waals surface area (Å²) in [7, 11) is 3.99. The number of hydrogen-bond donors (Lipinski definition) is 1. The van der Waals surface area contributed by atoms with Gasteiger partial charge in [0.05, 0.1) is 0 Å². The van der Waals surface area contributed by atoms with Crippen molar-refractivity contribution in [3.8, 4) is 0 Å². The Morgan fingerprint density at radius 3 is 2.43 bits per heavy atom. The van der Waals surface area contributed by atoms with E-state index in [9.17, 15) is 0 Å². The second-order valence-electron chi connectivity index (χ2n) is 3.47. The first-order valence-electron chi connectivity index (χ1n) is 4.96. The van der Waals surface area contributed by atoms with Gasteiger partial charge in [0.15, 0.2) is 4.77 Å². The molecule has 1 heterocycles. The molecule has 14 heavy (non-hydrogen) atoms. The molecule has 0 saturated heterocycles. The zero-order valence-corrected chi connectivity index (χ0v) is 10.1. The predicted octanol–water partition coefficient (Wildman–Crippen LogP) is 2.10. The van der Waals surface area contributed by atoms with Gasteiger partial charge >= 0.3 is 0 Å². The third kappa shape index (κ3) is 1.97. The van der Waals surface area contributed by atoms with Crippen molar-refractivity contribution in [1.29, 1.82) is 0 Å². The van der Waals surface area contributed by atoms with Gasteiger partial charge in [-0.15, -0.1) is 5.10 Å². The molecule has 0 fully saturated rings. The van der Waals surface area contributed by atoms with Crippen LogP contribution in [0.2, 0.25) is 0 Å². The lowest BCUT2D eigenvalue weighted by atomic mass is 10.1. The molecule has 0 aromatic carbocycles. The van der Waals surface area contributed by atoms with Gasteiger partial charge in [0.25, 0.3) is 0 Å². The molecule has 5 heteroatoms. The molecule has 0 bridgehead atoms. The molecule has 4 nitrogen and oxygen atoms in total. The van der Waals surface area contributed by atoms with E-state index in [0.717, 1.165) is 18.8 Å². The van der Waals surface area contributed by atoms with Crippen molar-refractivity contribution in [3.63, 3.8) is 0 Å². The van der Waals surface area contributed by atoms with E-state index in [4.69, 9.17) is 12.2 Å². The highest BCUT2D eigenvalue weighted by molar-refractivity contribution is 7.71. The van der Waals surface area contributed by atoms with E-state index in [2.05, 4.69) is 36.0 Å². The number of anilines is 1. The fourth-order valence-corrected chi connectivity index (χ4v) is 1.78. The van der Waals surface area contributed by atoms with Crippen molar-refractivity contribution in [1.82, 2.24) is 14.8 Å². The molecular formula is C9H18N4S. The van der Waals surface area contributed by atoms with Gasteiger partial charge in [0, 0.05) is 20.1 Å². The molecule has 1 rings (SSSR count). The number of H-pyrrole nitrogens is 1. The Balaban J connectivity index is 2.93. The van der Waals surface area contributed by atoms with Gasteiger partial charge in [-0.25, -0.2) is 5.10 Å². The van der Waals surface area contributed by atoms with E-state index in [0.29, 0.717) is 10.8 Å². The second-order valence-corrected chi connectivity index (χ2v) is 3.86. The fourth-order valence-electron chi connectivity index (χ4n) is 1.65. The molecule has 0 unspecified atom stereocenters. The molecule has 0 aliphatic carbocycles. The monoisotopic (exact) mass is 214 g/mol. The number of nitrogens with one attached hydrogen (secondary N) is 1. The molecule has 0 aliphatic rings. The van der Waals surface area contributed by atoms with Gasteiger partial charge in [-0.2, -0.15) is 0 Å². The maximum atomic E-state index is 5.07. The highest BCUT2D eigenvalue weighted by Crippen LogP contribution is 2.14. The van der Waals surface area contributed by atoms with E-state index >= 15 is 0 Å². The predicted molar refractivity (Wildman–Crippen MR) is 61.2 cm³/mol. The van der Waals surface area contributed by atoms with E-state index in [-0.39, 0.29) is 0 Å². The largest absolute Gasteiger partial charge is 0.341 e. The average molecular weight is 214 g/mol. The number of nitrogens with zero attached hydrogens (tertiary/aromatic N) is 3. The summed E-state index contributed by atoms with van der Waals surface area (Å²) in [6.07, 6.45) is 2.24. The third-order valence-corrected chi connectivity index (χ3v) is 3.03. The molecule has 0 amide bonds. The van der Waals surface area contributed by atoms with Crippen LogP contribution in [0, 0.1) is 4.77 Å². The molecule has 0 aliphatic heterocycles. The third-order valence-electron chi connectivity index (χ3n) is 2.66. The maximum absolute atomic E-state index is 5.07. The minimum absolute atomic E-state index is 0.527. The van der Waals surface area contributed by atoms with Crippen molar-refractivity contribution >= 4 is 18.2 Å². The summed E-state index contributed by atoms with van der Waals surface area (Å²) in [4.78, 5) is 2.17. The lowest BCUT2D eigenvalue weighted by Crippen LogP contribution is -2.32. The summed E-state index contributed by atoms with van der Waals surface area (Å²) in [6, 6.07) is 0.527. The lowest BCUT2D eigenvalue weighted by Gasteiger charge is -2.26. The van der Waals surface area contributed by atoms with Gasteiger partial charge in [0.2, 0.25) is 5.95 Å². The molecular weight excluding hydrogens is 196 g/mol. The molecule has 80 valence electrons. The van der Waals surface area contributed by atoms with Crippen LogP contribution in [-0.4, -0.2) is 27.9 Å². The minimum atomic E-state index is 0.527. The molecule has 1 N–H and O–H groups in total. The molecule has 0 spiro atoms. The first kappa shape index (κ1) is 11.2. The normalized spacial score (nSPS) is 10.9. The SMILES string of the molecule is CCC(CC)N(C)c1n[nH]c(=S)n1C. The summed E-state index contributed by atoms with van der Waals surface area (Å²) < 4.78 is 2.56. The Kier molecular flexibility index (Phi) is 3.69. The van der Waals surface area contributed by atoms with Crippen LogP contribution in [0.15, 0.2) is 0 Å². The first-order chi connectivity index (χ1) is 6.61. The standard InChI is InChI=1S/C9H18N4S/c1-5-7(6-2)12(3)8-10-11-9(14)13(8)4/h7H,5-6H2,1-4H3,(H,11,14). The average Bonchev–Trinajstić information content (AvgIpc) is 2.49. The highest BCUT2D eigenvalue weighted by atomic mass is 32.1. The van der Waals surface area contributed by atoms with Crippen LogP contribution in [0.3, 0.4) is 0 Å². The van der Waals surface area contributed by atoms with Crippen molar-refractivity contribution < 1.29 is 0 Å². The van der Waals surface area contributed by atoms with Crippen molar-refractivity contribution in [2.75, 3.05) is 11.9 Å². The number of hydrogen-bond acceptors (Lipinski definition) is 3. The maximum Gasteiger partial charge on any atom is 0.225 e. The van der Waals surface area contributed by atoms with Crippen LogP contribution < -0.4 is 4.90 Å². The van der Waals surface area contributed by atoms with Crippen LogP contribution in [-0.2, 0) is 7.05 Å². The van der Waals surface area contributed by atoms with Crippen LogP contribution >= 0.6 is 12.2 Å². The van der Waals surface area contributed by atoms with Crippen LogP contribution in [0.1, 0.15) is 26.7 Å². The molecule has 0 atom stereocenters. The summed E-state index contributed by atoms with van der Waals surface area (Å²) in [6.45, 7) is 4.37. The Labute approximate surface area is 89.9 Å². The Morgan fingerprint density at radius 2 is 2.07 bits per heavy atom. The fraction of sp³-hybridized carbons (Fsp3) is 0.778. The van der Waals surface area contributed by atoms with E-state index in [1.165, 1.54) is 0 Å². The quantitative estimate of drug-likeness (QED) is 0.780. The Bertz CT molecular complexity index is 337. The van der Waals surface area contributed by atoms with Crippen LogP contribution in [0.25, 0.3) is 0 Å². The molecule has 0 radical (unpaired) electrons. The zero-order chi connectivity index (χ0) is 10.7. The van der Waals surface area contributed by atoms with Gasteiger partial charge in [-0.05, 0) is 25.1 Å². The smallest absolute Gasteiger partial charge is 0.225 e. The van der Waals surface area contributed by atoms with Crippen molar-refractivity contribution in [2.45, 2.75) is 32.7 Å². The van der Waals surface area contributed by atoms with Gasteiger partial charge in [0.1, 0.15) is 0 Å². The topological polar surface area (TPSA) is 36.9 Å². The number of rotatable bonds is 4. The summed E-state index contributed by atoms with van der Waals surface area (Å²) in [5.74, 6) is 0.906. The summed E-state index contributed by atoms with van der Waals surface area (Å²) in [5, 5.41) is 7.00. The van der Waals surface area contributed by atoms with Gasteiger partial charge < -0.3 is 4.90 Å². The minimum Gasteiger partial charge on any atom is -0.341 e. The van der Waals surface area contributed by atoms with Crippen LogP contribution in [0.4, 0.5) is 5.95 Å². The van der Waals surface area contributed by atoms with E-state index in [1.54, 1.807) is 0 Å². The Morgan fingerprint density at radius 1 is 1.50 bits per heavy atom. The van der Waals surface area contributed by atoms with Gasteiger partial charge in [-0.3, -0.25) is 4.57 Å². The van der Waals surface area contributed by atoms with Crippen LogP contribution in [0.5, 0.6) is 0 Å². The van der Waals surface area contributed by atoms with Gasteiger partial charge in [-0.1, -0.05) is 13.8 Å².